The van der Waals surface area contributed by atoms with Crippen molar-refractivity contribution in [2.45, 2.75) is 5.41 Å². The summed E-state index contributed by atoms with van der Waals surface area (Å²) in [6, 6.07) is 8.22. The number of rotatable bonds is 1. The minimum Gasteiger partial charge on any atom is -0.508 e. The molecular weight excluding hydrogens is 347 g/mol. The molecule has 5 rings (SSSR count). The number of benzene rings is 2. The molecule has 2 aromatic carbocycles. The third-order valence-corrected chi connectivity index (χ3v) is 5.05. The molecule has 4 N–H and O–H groups in total. The van der Waals surface area contributed by atoms with E-state index in [4.69, 9.17) is 10.5 Å². The lowest BCUT2D eigenvalue weighted by atomic mass is 9.72. The monoisotopic (exact) mass is 362 g/mol. The third kappa shape index (κ3) is 2.25. The molecule has 1 atom stereocenters. The summed E-state index contributed by atoms with van der Waals surface area (Å²) in [4.78, 5) is 8.13. The maximum atomic E-state index is 14.5. The Hall–Kier alpha value is -3.61. The number of aromatic nitrogens is 2. The van der Waals surface area contributed by atoms with Gasteiger partial charge in [0.25, 0.3) is 0 Å². The van der Waals surface area contributed by atoms with Crippen molar-refractivity contribution in [1.29, 1.82) is 0 Å². The summed E-state index contributed by atoms with van der Waals surface area (Å²) >= 11 is 0. The maximum absolute atomic E-state index is 14.5. The number of nitrogens with zero attached hydrogens (tertiary/aromatic N) is 2. The van der Waals surface area contributed by atoms with Gasteiger partial charge in [0.15, 0.2) is 11.6 Å². The van der Waals surface area contributed by atoms with E-state index >= 15 is 0 Å². The number of aromatic hydroxyl groups is 1. The summed E-state index contributed by atoms with van der Waals surface area (Å²) in [7, 11) is 0. The van der Waals surface area contributed by atoms with E-state index < -0.39 is 11.2 Å². The third-order valence-electron chi connectivity index (χ3n) is 5.05. The zero-order valence-electron chi connectivity index (χ0n) is 14.1. The molecule has 7 heteroatoms. The number of hydrogen-bond donors (Lipinski definition) is 3. The van der Waals surface area contributed by atoms with Crippen LogP contribution in [0.3, 0.4) is 0 Å². The average molecular weight is 362 g/mol. The van der Waals surface area contributed by atoms with Gasteiger partial charge < -0.3 is 20.9 Å². The number of nitrogens with one attached hydrogen (secondary N) is 1. The molecule has 0 bridgehead atoms. The quantitative estimate of drug-likeness (QED) is 0.616. The van der Waals surface area contributed by atoms with E-state index in [1.165, 1.54) is 12.4 Å². The highest BCUT2D eigenvalue weighted by atomic mass is 19.1. The number of halogens is 1. The van der Waals surface area contributed by atoms with Gasteiger partial charge in [-0.25, -0.2) is 14.4 Å². The number of nitrogens with two attached hydrogens (primary N) is 1. The van der Waals surface area contributed by atoms with E-state index in [-0.39, 0.29) is 11.5 Å². The van der Waals surface area contributed by atoms with Gasteiger partial charge in [-0.2, -0.15) is 0 Å². The van der Waals surface area contributed by atoms with Crippen molar-refractivity contribution in [3.8, 4) is 28.4 Å². The molecule has 2 aliphatic heterocycles. The van der Waals surface area contributed by atoms with Crippen molar-refractivity contribution >= 4 is 0 Å². The van der Waals surface area contributed by atoms with Crippen LogP contribution in [0.2, 0.25) is 0 Å². The van der Waals surface area contributed by atoms with Gasteiger partial charge >= 0.3 is 0 Å². The standard InChI is InChI=1S/C20H15FN4O2/c21-16-5-13(26)4-15-19(16)27-17-2-1-11(12-7-23-10-24-8-12)3-14(17)20(15)6-18(22)25-9-20/h1-8,10,25-26H,9,22H2/t20-/m0/s1. The Morgan fingerprint density at radius 2 is 1.93 bits per heavy atom. The lowest BCUT2D eigenvalue weighted by Crippen LogP contribution is -2.34. The Labute approximate surface area is 154 Å². The Morgan fingerprint density at radius 3 is 2.67 bits per heavy atom. The minimum atomic E-state index is -0.752. The van der Waals surface area contributed by atoms with Gasteiger partial charge in [0.1, 0.15) is 17.8 Å². The van der Waals surface area contributed by atoms with E-state index in [2.05, 4.69) is 15.3 Å². The highest BCUT2D eigenvalue weighted by Crippen LogP contribution is 2.52. The van der Waals surface area contributed by atoms with Crippen molar-refractivity contribution in [3.63, 3.8) is 0 Å². The molecule has 0 fully saturated rings. The number of fused-ring (bicyclic) bond motifs is 4. The van der Waals surface area contributed by atoms with Crippen LogP contribution in [0.1, 0.15) is 11.1 Å². The van der Waals surface area contributed by atoms with E-state index in [1.54, 1.807) is 18.5 Å². The van der Waals surface area contributed by atoms with E-state index in [0.29, 0.717) is 23.7 Å². The van der Waals surface area contributed by atoms with Gasteiger partial charge in [-0.15, -0.1) is 0 Å². The van der Waals surface area contributed by atoms with Crippen LogP contribution in [0.4, 0.5) is 4.39 Å². The van der Waals surface area contributed by atoms with Gasteiger partial charge in [-0.05, 0) is 29.8 Å². The Morgan fingerprint density at radius 1 is 1.11 bits per heavy atom. The predicted molar refractivity (Wildman–Crippen MR) is 96.7 cm³/mol. The van der Waals surface area contributed by atoms with Gasteiger partial charge in [0.2, 0.25) is 0 Å². The zero-order valence-corrected chi connectivity index (χ0v) is 14.1. The second kappa shape index (κ2) is 5.44. The Kier molecular flexibility index (Phi) is 3.15. The van der Waals surface area contributed by atoms with Gasteiger partial charge in [0.05, 0.1) is 11.2 Å². The summed E-state index contributed by atoms with van der Waals surface area (Å²) in [6.07, 6.45) is 6.76. The lowest BCUT2D eigenvalue weighted by Gasteiger charge is -2.36. The van der Waals surface area contributed by atoms with Crippen LogP contribution < -0.4 is 15.8 Å². The molecule has 0 saturated carbocycles. The fraction of sp³-hybridized carbons (Fsp3) is 0.100. The highest BCUT2D eigenvalue weighted by Gasteiger charge is 2.45. The molecule has 2 aliphatic rings. The van der Waals surface area contributed by atoms with Crippen LogP contribution in [-0.2, 0) is 5.41 Å². The molecule has 0 saturated heterocycles. The molecule has 3 heterocycles. The van der Waals surface area contributed by atoms with Crippen LogP contribution in [0, 0.1) is 5.82 Å². The molecule has 0 amide bonds. The summed E-state index contributed by atoms with van der Waals surface area (Å²) < 4.78 is 20.4. The Bertz CT molecular complexity index is 1100. The van der Waals surface area contributed by atoms with Crippen LogP contribution in [0.5, 0.6) is 17.2 Å². The normalized spacial score (nSPS) is 19.7. The van der Waals surface area contributed by atoms with Crippen molar-refractivity contribution in [2.24, 2.45) is 5.73 Å². The largest absolute Gasteiger partial charge is 0.508 e. The topological polar surface area (TPSA) is 93.3 Å². The van der Waals surface area contributed by atoms with Gasteiger partial charge in [-0.3, -0.25) is 0 Å². The second-order valence-corrected chi connectivity index (χ2v) is 6.67. The molecule has 1 aromatic heterocycles. The second-order valence-electron chi connectivity index (χ2n) is 6.67. The minimum absolute atomic E-state index is 0.101. The number of phenolic OH excluding ortho intramolecular Hbond substituents is 1. The molecule has 27 heavy (non-hydrogen) atoms. The first-order chi connectivity index (χ1) is 13.1. The zero-order chi connectivity index (χ0) is 18.6. The Balaban J connectivity index is 1.78. The van der Waals surface area contributed by atoms with Crippen molar-refractivity contribution in [3.05, 3.63) is 77.9 Å². The van der Waals surface area contributed by atoms with Crippen LogP contribution >= 0.6 is 0 Å². The van der Waals surface area contributed by atoms with Crippen LogP contribution in [-0.4, -0.2) is 21.6 Å². The van der Waals surface area contributed by atoms with E-state index in [0.717, 1.165) is 22.8 Å². The first-order valence-corrected chi connectivity index (χ1v) is 8.40. The van der Waals surface area contributed by atoms with E-state index in [1.807, 2.05) is 18.2 Å². The highest BCUT2D eigenvalue weighted by molar-refractivity contribution is 5.70. The van der Waals surface area contributed by atoms with Crippen molar-refractivity contribution < 1.29 is 14.2 Å². The van der Waals surface area contributed by atoms with Crippen LogP contribution in [0.25, 0.3) is 11.1 Å². The molecule has 0 radical (unpaired) electrons. The predicted octanol–water partition coefficient (Wildman–Crippen LogP) is 2.78. The fourth-order valence-corrected chi connectivity index (χ4v) is 3.82. The van der Waals surface area contributed by atoms with E-state index in [9.17, 15) is 9.50 Å². The average Bonchev–Trinajstić information content (AvgIpc) is 3.06. The molecule has 3 aromatic rings. The summed E-state index contributed by atoms with van der Waals surface area (Å²) in [6.45, 7) is 0.430. The number of ether oxygens (including phenoxy) is 1. The van der Waals surface area contributed by atoms with Gasteiger partial charge in [0, 0.05) is 41.7 Å². The first-order valence-electron chi connectivity index (χ1n) is 8.40. The molecule has 0 aliphatic carbocycles. The molecule has 134 valence electrons. The fourth-order valence-electron chi connectivity index (χ4n) is 3.82. The number of hydrogen-bond acceptors (Lipinski definition) is 6. The molecule has 1 spiro atoms. The summed E-state index contributed by atoms with van der Waals surface area (Å²) in [5.74, 6) is 0.355. The number of phenols is 1. The first kappa shape index (κ1) is 15.6. The maximum Gasteiger partial charge on any atom is 0.169 e. The van der Waals surface area contributed by atoms with Crippen molar-refractivity contribution in [1.82, 2.24) is 15.3 Å². The van der Waals surface area contributed by atoms with Gasteiger partial charge in [-0.1, -0.05) is 6.07 Å². The SMILES string of the molecule is NC1=C[C@]2(CN1)c1cc(-c3cncnc3)ccc1Oc1c(F)cc(O)cc12. The summed E-state index contributed by atoms with van der Waals surface area (Å²) in [5.41, 5.74) is 8.37. The molecular formula is C20H15FN4O2. The lowest BCUT2D eigenvalue weighted by molar-refractivity contribution is 0.387. The molecule has 6 nitrogen and oxygen atoms in total. The summed E-state index contributed by atoms with van der Waals surface area (Å²) in [5, 5.41) is 13.1. The van der Waals surface area contributed by atoms with Crippen molar-refractivity contribution in [2.75, 3.05) is 6.54 Å². The van der Waals surface area contributed by atoms with Crippen LogP contribution in [0.15, 0.2) is 60.9 Å². The smallest absolute Gasteiger partial charge is 0.169 e. The molecule has 0 unspecified atom stereocenters.